The van der Waals surface area contributed by atoms with Crippen molar-refractivity contribution in [2.24, 2.45) is 5.92 Å². The second-order valence-electron chi connectivity index (χ2n) is 5.15. The molecule has 8 heteroatoms. The Hall–Kier alpha value is -1.44. The number of imidazole rings is 1. The van der Waals surface area contributed by atoms with Gasteiger partial charge in [0.15, 0.2) is 11.5 Å². The van der Waals surface area contributed by atoms with Gasteiger partial charge in [-0.3, -0.25) is 4.57 Å². The van der Waals surface area contributed by atoms with E-state index in [1.165, 1.54) is 6.33 Å². The van der Waals surface area contributed by atoms with Gasteiger partial charge in [-0.05, 0) is 12.3 Å². The summed E-state index contributed by atoms with van der Waals surface area (Å²) in [5, 5.41) is 9.58. The molecule has 0 radical (unpaired) electrons. The van der Waals surface area contributed by atoms with E-state index >= 15 is 0 Å². The van der Waals surface area contributed by atoms with Gasteiger partial charge in [0, 0.05) is 0 Å². The van der Waals surface area contributed by atoms with Crippen LogP contribution in [0.25, 0.3) is 11.2 Å². The highest BCUT2D eigenvalue weighted by atomic mass is 35.5. The lowest BCUT2D eigenvalue weighted by Gasteiger charge is -2.28. The van der Waals surface area contributed by atoms with Gasteiger partial charge in [-0.25, -0.2) is 15.0 Å². The summed E-state index contributed by atoms with van der Waals surface area (Å²) in [4.78, 5) is 12.3. The number of fused-ring (bicyclic) bond motifs is 1. The Kier molecular flexibility index (Phi) is 3.27. The molecule has 2 aromatic heterocycles. The molecule has 3 rings (SSSR count). The number of nitrogens with zero attached hydrogens (tertiary/aromatic N) is 4. The summed E-state index contributed by atoms with van der Waals surface area (Å²) in [5.74, 6) is 0.711. The van der Waals surface area contributed by atoms with Crippen LogP contribution in [-0.2, 0) is 4.74 Å². The first-order valence-corrected chi connectivity index (χ1v) is 6.92. The molecule has 3 N–H and O–H groups in total. The Morgan fingerprint density at radius 3 is 3.00 bits per heavy atom. The summed E-state index contributed by atoms with van der Waals surface area (Å²) in [6.45, 7) is 1.90. The summed E-state index contributed by atoms with van der Waals surface area (Å²) in [6, 6.07) is 0. The number of nitrogens with two attached hydrogens (primary N) is 1. The van der Waals surface area contributed by atoms with Crippen molar-refractivity contribution in [2.45, 2.75) is 25.2 Å². The Morgan fingerprint density at radius 1 is 1.55 bits per heavy atom. The van der Waals surface area contributed by atoms with Gasteiger partial charge >= 0.3 is 0 Å². The summed E-state index contributed by atoms with van der Waals surface area (Å²) in [5.41, 5.74) is 6.23. The maximum absolute atomic E-state index is 9.58. The monoisotopic (exact) mass is 297 g/mol. The molecule has 0 bridgehead atoms. The van der Waals surface area contributed by atoms with E-state index in [0.717, 1.165) is 6.42 Å². The fraction of sp³-hybridized carbons (Fsp3) is 0.583. The van der Waals surface area contributed by atoms with Crippen LogP contribution in [0.4, 0.5) is 5.82 Å². The number of anilines is 1. The first-order chi connectivity index (χ1) is 9.61. The van der Waals surface area contributed by atoms with Crippen molar-refractivity contribution >= 4 is 28.6 Å². The SMILES string of the molecule is CC1C[C@H](n2cnc3c(N)ncnc32)O[C@@]1(CO)CCl. The molecule has 1 fully saturated rings. The fourth-order valence-corrected chi connectivity index (χ4v) is 3.01. The van der Waals surface area contributed by atoms with E-state index in [0.29, 0.717) is 17.0 Å². The molecule has 0 saturated carbocycles. The average molecular weight is 298 g/mol. The Morgan fingerprint density at radius 2 is 2.35 bits per heavy atom. The summed E-state index contributed by atoms with van der Waals surface area (Å²) >= 11 is 5.97. The smallest absolute Gasteiger partial charge is 0.167 e. The van der Waals surface area contributed by atoms with E-state index in [9.17, 15) is 5.11 Å². The van der Waals surface area contributed by atoms with Crippen LogP contribution in [0.15, 0.2) is 12.7 Å². The molecule has 3 heterocycles. The van der Waals surface area contributed by atoms with Crippen LogP contribution in [0, 0.1) is 5.92 Å². The third-order valence-electron chi connectivity index (χ3n) is 4.02. The van der Waals surface area contributed by atoms with Gasteiger partial charge in [-0.2, -0.15) is 0 Å². The highest BCUT2D eigenvalue weighted by Crippen LogP contribution is 2.42. The number of aliphatic hydroxyl groups is 1. The second-order valence-corrected chi connectivity index (χ2v) is 5.42. The van der Waals surface area contributed by atoms with Crippen LogP contribution >= 0.6 is 11.6 Å². The predicted octanol–water partition coefficient (Wildman–Crippen LogP) is 0.933. The van der Waals surface area contributed by atoms with E-state index in [4.69, 9.17) is 22.1 Å². The Bertz CT molecular complexity index is 627. The number of halogens is 1. The number of aromatic nitrogens is 4. The minimum absolute atomic E-state index is 0.113. The number of nitrogen functional groups attached to an aromatic ring is 1. The van der Waals surface area contributed by atoms with Crippen LogP contribution in [0.1, 0.15) is 19.6 Å². The van der Waals surface area contributed by atoms with Crippen molar-refractivity contribution in [3.63, 3.8) is 0 Å². The molecule has 7 nitrogen and oxygen atoms in total. The Balaban J connectivity index is 1.99. The number of alkyl halides is 1. The first kappa shape index (κ1) is 13.5. The van der Waals surface area contributed by atoms with Crippen molar-refractivity contribution in [2.75, 3.05) is 18.2 Å². The molecule has 1 aliphatic heterocycles. The minimum atomic E-state index is -0.721. The molecule has 108 valence electrons. The maximum atomic E-state index is 9.58. The third-order valence-corrected chi connectivity index (χ3v) is 4.47. The van der Waals surface area contributed by atoms with Crippen molar-refractivity contribution in [3.8, 4) is 0 Å². The van der Waals surface area contributed by atoms with Gasteiger partial charge in [0.05, 0.1) is 18.8 Å². The standard InChI is InChI=1S/C12H16ClN5O2/c1-7-2-8(20-12(7,3-13)4-19)18-6-17-9-10(14)15-5-16-11(9)18/h5-8,19H,2-4H2,1H3,(H2,14,15,16)/t7?,8-,12-/m1/s1. The maximum Gasteiger partial charge on any atom is 0.167 e. The van der Waals surface area contributed by atoms with Gasteiger partial charge in [0.25, 0.3) is 0 Å². The fourth-order valence-electron chi connectivity index (χ4n) is 2.60. The van der Waals surface area contributed by atoms with Crippen molar-refractivity contribution in [1.82, 2.24) is 19.5 Å². The molecule has 0 aromatic carbocycles. The molecular weight excluding hydrogens is 282 g/mol. The highest BCUT2D eigenvalue weighted by Gasteiger charge is 2.46. The van der Waals surface area contributed by atoms with Gasteiger partial charge in [-0.15, -0.1) is 11.6 Å². The number of aliphatic hydroxyl groups excluding tert-OH is 1. The molecule has 0 spiro atoms. The predicted molar refractivity (Wildman–Crippen MR) is 74.2 cm³/mol. The Labute approximate surface area is 120 Å². The van der Waals surface area contributed by atoms with Crippen LogP contribution in [0.5, 0.6) is 0 Å². The zero-order chi connectivity index (χ0) is 14.3. The molecule has 1 unspecified atom stereocenters. The third kappa shape index (κ3) is 1.85. The molecule has 3 atom stereocenters. The zero-order valence-electron chi connectivity index (χ0n) is 11.0. The largest absolute Gasteiger partial charge is 0.393 e. The summed E-state index contributed by atoms with van der Waals surface area (Å²) in [6.07, 6.45) is 3.49. The van der Waals surface area contributed by atoms with Gasteiger partial charge in [-0.1, -0.05) is 6.92 Å². The van der Waals surface area contributed by atoms with Crippen molar-refractivity contribution < 1.29 is 9.84 Å². The minimum Gasteiger partial charge on any atom is -0.393 e. The van der Waals surface area contributed by atoms with E-state index in [2.05, 4.69) is 15.0 Å². The lowest BCUT2D eigenvalue weighted by molar-refractivity contribution is -0.0944. The first-order valence-electron chi connectivity index (χ1n) is 6.39. The molecule has 0 amide bonds. The van der Waals surface area contributed by atoms with Crippen LogP contribution in [-0.4, -0.2) is 42.7 Å². The van der Waals surface area contributed by atoms with Gasteiger partial charge in [0.1, 0.15) is 23.7 Å². The molecule has 1 aliphatic rings. The van der Waals surface area contributed by atoms with E-state index in [1.807, 2.05) is 11.5 Å². The zero-order valence-corrected chi connectivity index (χ0v) is 11.8. The summed E-state index contributed by atoms with van der Waals surface area (Å²) in [7, 11) is 0. The van der Waals surface area contributed by atoms with Crippen molar-refractivity contribution in [3.05, 3.63) is 12.7 Å². The molecule has 20 heavy (non-hydrogen) atoms. The molecular formula is C12H16ClN5O2. The average Bonchev–Trinajstić information content (AvgIpc) is 3.01. The van der Waals surface area contributed by atoms with Crippen LogP contribution in [0.2, 0.25) is 0 Å². The van der Waals surface area contributed by atoms with Crippen LogP contribution < -0.4 is 5.73 Å². The molecule has 0 aliphatic carbocycles. The normalized spacial score (nSPS) is 30.1. The number of hydrogen-bond acceptors (Lipinski definition) is 6. The quantitative estimate of drug-likeness (QED) is 0.818. The lowest BCUT2D eigenvalue weighted by Crippen LogP contribution is -2.40. The molecule has 2 aromatic rings. The topological polar surface area (TPSA) is 99.1 Å². The van der Waals surface area contributed by atoms with Gasteiger partial charge < -0.3 is 15.6 Å². The van der Waals surface area contributed by atoms with E-state index in [1.54, 1.807) is 6.33 Å². The molecule has 1 saturated heterocycles. The number of hydrogen-bond donors (Lipinski definition) is 2. The van der Waals surface area contributed by atoms with E-state index in [-0.39, 0.29) is 24.6 Å². The number of rotatable bonds is 3. The number of ether oxygens (including phenoxy) is 1. The lowest BCUT2D eigenvalue weighted by atomic mass is 9.91. The van der Waals surface area contributed by atoms with Crippen LogP contribution in [0.3, 0.4) is 0 Å². The highest BCUT2D eigenvalue weighted by molar-refractivity contribution is 6.18. The second kappa shape index (κ2) is 4.83. The van der Waals surface area contributed by atoms with Crippen molar-refractivity contribution in [1.29, 1.82) is 0 Å². The van der Waals surface area contributed by atoms with Gasteiger partial charge in [0.2, 0.25) is 0 Å². The van der Waals surface area contributed by atoms with E-state index < -0.39 is 5.60 Å². The summed E-state index contributed by atoms with van der Waals surface area (Å²) < 4.78 is 7.81.